The van der Waals surface area contributed by atoms with E-state index in [1.54, 1.807) is 44.7 Å². The normalized spacial score (nSPS) is 17.4. The summed E-state index contributed by atoms with van der Waals surface area (Å²) >= 11 is 0. The van der Waals surface area contributed by atoms with Crippen LogP contribution in [0.1, 0.15) is 24.7 Å². The van der Waals surface area contributed by atoms with Gasteiger partial charge in [0.25, 0.3) is 0 Å². The molecule has 8 heteroatoms. The van der Waals surface area contributed by atoms with Gasteiger partial charge in [0.2, 0.25) is 10.0 Å². The van der Waals surface area contributed by atoms with Crippen molar-refractivity contribution >= 4 is 10.0 Å². The van der Waals surface area contributed by atoms with Crippen LogP contribution in [-0.2, 0) is 10.0 Å². The van der Waals surface area contributed by atoms with Crippen LogP contribution in [0.15, 0.2) is 59.6 Å². The first-order chi connectivity index (χ1) is 14.0. The molecule has 1 saturated heterocycles. The van der Waals surface area contributed by atoms with Gasteiger partial charge in [-0.05, 0) is 49.2 Å². The van der Waals surface area contributed by atoms with Crippen molar-refractivity contribution in [1.29, 1.82) is 0 Å². The molecule has 1 N–H and O–H groups in total. The van der Waals surface area contributed by atoms with Crippen LogP contribution in [0.4, 0.5) is 0 Å². The number of nitrogens with one attached hydrogen (secondary N) is 1. The van der Waals surface area contributed by atoms with E-state index in [-0.39, 0.29) is 10.9 Å². The number of nitrogens with zero attached hydrogens (tertiary/aromatic N) is 2. The summed E-state index contributed by atoms with van der Waals surface area (Å²) in [5.74, 6) is 2.02. The van der Waals surface area contributed by atoms with E-state index in [1.165, 1.54) is 4.31 Å². The minimum atomic E-state index is -3.63. The fourth-order valence-electron chi connectivity index (χ4n) is 3.63. The monoisotopic (exact) mass is 413 g/mol. The maximum atomic E-state index is 13.2. The Morgan fingerprint density at radius 3 is 2.55 bits per heavy atom. The second kappa shape index (κ2) is 7.88. The quantitative estimate of drug-likeness (QED) is 0.667. The van der Waals surface area contributed by atoms with Gasteiger partial charge in [-0.1, -0.05) is 12.1 Å². The Hall–Kier alpha value is -2.84. The Morgan fingerprint density at radius 1 is 1.07 bits per heavy atom. The number of aromatic amines is 1. The van der Waals surface area contributed by atoms with Gasteiger partial charge in [0.1, 0.15) is 17.3 Å². The zero-order valence-electron chi connectivity index (χ0n) is 16.3. The lowest BCUT2D eigenvalue weighted by Gasteiger charge is -2.22. The molecule has 0 bridgehead atoms. The van der Waals surface area contributed by atoms with Crippen LogP contribution in [0.2, 0.25) is 0 Å². The number of hydrogen-bond donors (Lipinski definition) is 1. The number of rotatable bonds is 6. The Labute approximate surface area is 170 Å². The van der Waals surface area contributed by atoms with E-state index in [0.717, 1.165) is 29.8 Å². The Bertz CT molecular complexity index is 1090. The summed E-state index contributed by atoms with van der Waals surface area (Å²) in [6, 6.07) is 13.8. The predicted molar refractivity (Wildman–Crippen MR) is 109 cm³/mol. The van der Waals surface area contributed by atoms with Crippen LogP contribution >= 0.6 is 0 Å². The molecule has 0 spiro atoms. The van der Waals surface area contributed by atoms with Gasteiger partial charge >= 0.3 is 0 Å². The first-order valence-corrected chi connectivity index (χ1v) is 10.8. The van der Waals surface area contributed by atoms with Gasteiger partial charge in [-0.25, -0.2) is 13.4 Å². The lowest BCUT2D eigenvalue weighted by molar-refractivity contribution is 0.385. The Morgan fingerprint density at radius 2 is 1.83 bits per heavy atom. The van der Waals surface area contributed by atoms with Crippen LogP contribution in [-0.4, -0.2) is 43.5 Å². The lowest BCUT2D eigenvalue weighted by Crippen LogP contribution is -2.31. The van der Waals surface area contributed by atoms with Crippen molar-refractivity contribution in [3.8, 4) is 22.8 Å². The summed E-state index contributed by atoms with van der Waals surface area (Å²) in [5, 5.41) is 0. The average molecular weight is 413 g/mol. The molecule has 4 rings (SSSR count). The third-order valence-electron chi connectivity index (χ3n) is 5.16. The number of H-pyrrole nitrogens is 1. The zero-order chi connectivity index (χ0) is 20.4. The molecular weight excluding hydrogens is 390 g/mol. The van der Waals surface area contributed by atoms with Crippen LogP contribution in [0.25, 0.3) is 11.3 Å². The third-order valence-corrected chi connectivity index (χ3v) is 7.08. The molecule has 0 amide bonds. The summed E-state index contributed by atoms with van der Waals surface area (Å²) in [5.41, 5.74) is 1.76. The standard InChI is InChI=1S/C21H23N3O4S/c1-27-16-8-10-18(11-9-16)29(25,26)24-12-4-7-20(24)21-22-14-19(23-21)15-5-3-6-17(13-15)28-2/h3,5-6,8-11,13-14,20H,4,7,12H2,1-2H3,(H,22,23)/t20-/m0/s1. The molecular formula is C21H23N3O4S. The summed E-state index contributed by atoms with van der Waals surface area (Å²) in [6.07, 6.45) is 3.25. The minimum Gasteiger partial charge on any atom is -0.497 e. The highest BCUT2D eigenvalue weighted by Gasteiger charge is 2.37. The Balaban J connectivity index is 1.62. The summed E-state index contributed by atoms with van der Waals surface area (Å²) in [7, 11) is -0.454. The number of methoxy groups -OCH3 is 2. The van der Waals surface area contributed by atoms with Crippen molar-refractivity contribution in [3.63, 3.8) is 0 Å². The molecule has 0 unspecified atom stereocenters. The second-order valence-corrected chi connectivity index (χ2v) is 8.75. The molecule has 3 aromatic rings. The van der Waals surface area contributed by atoms with Gasteiger partial charge in [-0.15, -0.1) is 0 Å². The van der Waals surface area contributed by atoms with E-state index >= 15 is 0 Å². The topological polar surface area (TPSA) is 84.5 Å². The number of aromatic nitrogens is 2. The fraction of sp³-hybridized carbons (Fsp3) is 0.286. The van der Waals surface area contributed by atoms with Crippen molar-refractivity contribution in [3.05, 3.63) is 60.6 Å². The van der Waals surface area contributed by atoms with Gasteiger partial charge in [-0.2, -0.15) is 4.31 Å². The van der Waals surface area contributed by atoms with Gasteiger partial charge in [0.15, 0.2) is 0 Å². The average Bonchev–Trinajstić information content (AvgIpc) is 3.43. The van der Waals surface area contributed by atoms with Gasteiger partial charge in [-0.3, -0.25) is 0 Å². The molecule has 152 valence electrons. The highest BCUT2D eigenvalue weighted by molar-refractivity contribution is 7.89. The van der Waals surface area contributed by atoms with Gasteiger partial charge in [0.05, 0.1) is 37.0 Å². The molecule has 1 aliphatic heterocycles. The van der Waals surface area contributed by atoms with Crippen molar-refractivity contribution in [1.82, 2.24) is 14.3 Å². The highest BCUT2D eigenvalue weighted by atomic mass is 32.2. The van der Waals surface area contributed by atoms with E-state index in [0.29, 0.717) is 18.1 Å². The molecule has 2 aromatic carbocycles. The smallest absolute Gasteiger partial charge is 0.243 e. The first-order valence-electron chi connectivity index (χ1n) is 9.38. The Kier molecular flexibility index (Phi) is 5.29. The largest absolute Gasteiger partial charge is 0.497 e. The van der Waals surface area contributed by atoms with E-state index in [4.69, 9.17) is 9.47 Å². The molecule has 1 aromatic heterocycles. The van der Waals surface area contributed by atoms with Crippen LogP contribution in [0, 0.1) is 0 Å². The second-order valence-electron chi connectivity index (χ2n) is 6.86. The number of sulfonamides is 1. The van der Waals surface area contributed by atoms with E-state index in [1.807, 2.05) is 24.3 Å². The van der Waals surface area contributed by atoms with E-state index in [2.05, 4.69) is 9.97 Å². The van der Waals surface area contributed by atoms with Crippen molar-refractivity contribution in [2.45, 2.75) is 23.8 Å². The summed E-state index contributed by atoms with van der Waals surface area (Å²) in [4.78, 5) is 8.05. The SMILES string of the molecule is COc1ccc(S(=O)(=O)N2CCC[C@H]2c2ncc(-c3cccc(OC)c3)[nH]2)cc1. The predicted octanol–water partition coefficient (Wildman–Crippen LogP) is 3.62. The maximum Gasteiger partial charge on any atom is 0.243 e. The molecule has 0 radical (unpaired) electrons. The highest BCUT2D eigenvalue weighted by Crippen LogP contribution is 2.36. The molecule has 2 heterocycles. The number of hydrogen-bond acceptors (Lipinski definition) is 5. The third kappa shape index (κ3) is 3.73. The van der Waals surface area contributed by atoms with Crippen LogP contribution < -0.4 is 9.47 Å². The fourth-order valence-corrected chi connectivity index (χ4v) is 5.29. The van der Waals surface area contributed by atoms with Gasteiger partial charge < -0.3 is 14.5 Å². The zero-order valence-corrected chi connectivity index (χ0v) is 17.1. The summed E-state index contributed by atoms with van der Waals surface area (Å²) in [6.45, 7) is 0.466. The summed E-state index contributed by atoms with van der Waals surface area (Å²) < 4.78 is 38.3. The molecule has 1 atom stereocenters. The lowest BCUT2D eigenvalue weighted by atomic mass is 10.1. The molecule has 0 aliphatic carbocycles. The van der Waals surface area contributed by atoms with Crippen LogP contribution in [0.5, 0.6) is 11.5 Å². The number of benzene rings is 2. The first kappa shape index (κ1) is 19.5. The number of imidazole rings is 1. The molecule has 7 nitrogen and oxygen atoms in total. The molecule has 1 fully saturated rings. The van der Waals surface area contributed by atoms with Crippen LogP contribution in [0.3, 0.4) is 0 Å². The molecule has 1 aliphatic rings. The van der Waals surface area contributed by atoms with E-state index < -0.39 is 10.0 Å². The number of ether oxygens (including phenoxy) is 2. The molecule has 0 saturated carbocycles. The van der Waals surface area contributed by atoms with Gasteiger partial charge in [0, 0.05) is 12.1 Å². The van der Waals surface area contributed by atoms with E-state index in [9.17, 15) is 8.42 Å². The van der Waals surface area contributed by atoms with Crippen molar-refractivity contribution in [2.75, 3.05) is 20.8 Å². The molecule has 29 heavy (non-hydrogen) atoms. The van der Waals surface area contributed by atoms with Crippen molar-refractivity contribution < 1.29 is 17.9 Å². The van der Waals surface area contributed by atoms with Crippen molar-refractivity contribution in [2.24, 2.45) is 0 Å². The maximum absolute atomic E-state index is 13.2. The minimum absolute atomic E-state index is 0.254.